The third kappa shape index (κ3) is 2.73. The fourth-order valence-corrected chi connectivity index (χ4v) is 3.57. The SMILES string of the molecule is CCC[C@@H](O)c1cc(C)c(-c2cc3cnccc3n3c(Cl)cnc23)cn1. The maximum absolute atomic E-state index is 10.2. The molecule has 0 saturated carbocycles. The van der Waals surface area contributed by atoms with Gasteiger partial charge in [-0.3, -0.25) is 14.4 Å². The normalized spacial score (nSPS) is 12.8. The number of aryl methyl sites for hydroxylation is 1. The fraction of sp³-hybridized carbons (Fsp3) is 0.250. The minimum Gasteiger partial charge on any atom is -0.387 e. The Morgan fingerprint density at radius 1 is 1.15 bits per heavy atom. The summed E-state index contributed by atoms with van der Waals surface area (Å²) in [5.41, 5.74) is 5.39. The van der Waals surface area contributed by atoms with E-state index in [1.165, 1.54) is 0 Å². The minimum atomic E-state index is -0.533. The largest absolute Gasteiger partial charge is 0.387 e. The van der Waals surface area contributed by atoms with Crippen LogP contribution in [0.25, 0.3) is 27.7 Å². The third-order valence-corrected chi connectivity index (χ3v) is 4.92. The Balaban J connectivity index is 1.94. The lowest BCUT2D eigenvalue weighted by atomic mass is 10.00. The highest BCUT2D eigenvalue weighted by Gasteiger charge is 2.16. The summed E-state index contributed by atoms with van der Waals surface area (Å²) in [6.45, 7) is 4.07. The second-order valence-corrected chi connectivity index (χ2v) is 6.85. The molecule has 0 aliphatic carbocycles. The molecule has 4 heterocycles. The van der Waals surface area contributed by atoms with E-state index < -0.39 is 6.10 Å². The summed E-state index contributed by atoms with van der Waals surface area (Å²) >= 11 is 6.38. The average molecular weight is 367 g/mol. The molecule has 0 aliphatic heterocycles. The second kappa shape index (κ2) is 6.67. The number of imidazole rings is 1. The van der Waals surface area contributed by atoms with Gasteiger partial charge >= 0.3 is 0 Å². The number of hydrogen-bond donors (Lipinski definition) is 1. The van der Waals surface area contributed by atoms with Crippen LogP contribution in [0.4, 0.5) is 0 Å². The minimum absolute atomic E-state index is 0.533. The van der Waals surface area contributed by atoms with Crippen LogP contribution in [-0.4, -0.2) is 24.5 Å². The topological polar surface area (TPSA) is 63.3 Å². The molecule has 5 nitrogen and oxygen atoms in total. The molecule has 0 spiro atoms. The molecule has 4 aromatic rings. The van der Waals surface area contributed by atoms with Crippen molar-refractivity contribution in [3.63, 3.8) is 0 Å². The number of aliphatic hydroxyl groups excluding tert-OH is 1. The lowest BCUT2D eigenvalue weighted by Crippen LogP contribution is -2.02. The first kappa shape index (κ1) is 16.9. The van der Waals surface area contributed by atoms with E-state index in [0.717, 1.165) is 39.7 Å². The van der Waals surface area contributed by atoms with Gasteiger partial charge in [0.15, 0.2) is 0 Å². The summed E-state index contributed by atoms with van der Waals surface area (Å²) < 4.78 is 1.92. The number of fused-ring (bicyclic) bond motifs is 3. The van der Waals surface area contributed by atoms with Crippen LogP contribution in [-0.2, 0) is 0 Å². The molecule has 0 amide bonds. The van der Waals surface area contributed by atoms with Gasteiger partial charge in [0.2, 0.25) is 0 Å². The molecule has 0 fully saturated rings. The van der Waals surface area contributed by atoms with Gasteiger partial charge in [0, 0.05) is 35.1 Å². The number of halogens is 1. The molecular formula is C20H19ClN4O. The van der Waals surface area contributed by atoms with E-state index in [2.05, 4.69) is 21.0 Å². The highest BCUT2D eigenvalue weighted by atomic mass is 35.5. The highest BCUT2D eigenvalue weighted by molar-refractivity contribution is 6.30. The van der Waals surface area contributed by atoms with E-state index in [-0.39, 0.29) is 0 Å². The van der Waals surface area contributed by atoms with Crippen molar-refractivity contribution < 1.29 is 5.11 Å². The molecule has 0 unspecified atom stereocenters. The number of aliphatic hydroxyl groups is 1. The van der Waals surface area contributed by atoms with Gasteiger partial charge in [-0.05, 0) is 37.1 Å². The van der Waals surface area contributed by atoms with E-state index >= 15 is 0 Å². The lowest BCUT2D eigenvalue weighted by Gasteiger charge is -2.14. The maximum atomic E-state index is 10.2. The predicted octanol–water partition coefficient (Wildman–Crippen LogP) is 4.74. The second-order valence-electron chi connectivity index (χ2n) is 6.46. The van der Waals surface area contributed by atoms with E-state index in [1.54, 1.807) is 12.4 Å². The van der Waals surface area contributed by atoms with Crippen molar-refractivity contribution in [2.45, 2.75) is 32.8 Å². The molecule has 26 heavy (non-hydrogen) atoms. The molecule has 1 N–H and O–H groups in total. The quantitative estimate of drug-likeness (QED) is 0.566. The van der Waals surface area contributed by atoms with E-state index in [4.69, 9.17) is 11.6 Å². The summed E-state index contributed by atoms with van der Waals surface area (Å²) in [4.78, 5) is 13.2. The zero-order chi connectivity index (χ0) is 18.3. The van der Waals surface area contributed by atoms with E-state index in [1.807, 2.05) is 42.8 Å². The summed E-state index contributed by atoms with van der Waals surface area (Å²) in [5, 5.41) is 11.7. The van der Waals surface area contributed by atoms with Gasteiger partial charge in [-0.2, -0.15) is 0 Å². The summed E-state index contributed by atoms with van der Waals surface area (Å²) in [6, 6.07) is 5.94. The summed E-state index contributed by atoms with van der Waals surface area (Å²) in [6.07, 6.45) is 8.11. The van der Waals surface area contributed by atoms with Crippen molar-refractivity contribution in [1.82, 2.24) is 19.4 Å². The van der Waals surface area contributed by atoms with Gasteiger partial charge in [0.25, 0.3) is 0 Å². The standard InChI is InChI=1S/C20H19ClN4O/c1-3-4-18(26)16-7-12(2)15(10-23-16)14-8-13-9-22-6-5-17(13)25-19(21)11-24-20(14)25/h5-11,18,26H,3-4H2,1-2H3/t18-/m1/s1. The Morgan fingerprint density at radius 2 is 2.00 bits per heavy atom. The van der Waals surface area contributed by atoms with Crippen molar-refractivity contribution in [3.8, 4) is 11.1 Å². The van der Waals surface area contributed by atoms with Gasteiger partial charge in [0.1, 0.15) is 10.8 Å². The van der Waals surface area contributed by atoms with Gasteiger partial charge in [-0.25, -0.2) is 4.98 Å². The van der Waals surface area contributed by atoms with Crippen LogP contribution >= 0.6 is 11.6 Å². The van der Waals surface area contributed by atoms with Gasteiger partial charge in [-0.1, -0.05) is 24.9 Å². The van der Waals surface area contributed by atoms with Crippen LogP contribution < -0.4 is 0 Å². The van der Waals surface area contributed by atoms with Crippen LogP contribution in [0.5, 0.6) is 0 Å². The maximum Gasteiger partial charge on any atom is 0.146 e. The molecule has 0 radical (unpaired) electrons. The van der Waals surface area contributed by atoms with Crippen molar-refractivity contribution in [2.24, 2.45) is 0 Å². The van der Waals surface area contributed by atoms with Crippen molar-refractivity contribution in [3.05, 3.63) is 59.4 Å². The molecule has 0 saturated heterocycles. The van der Waals surface area contributed by atoms with Crippen molar-refractivity contribution >= 4 is 28.2 Å². The van der Waals surface area contributed by atoms with Crippen LogP contribution in [0.3, 0.4) is 0 Å². The first-order chi connectivity index (χ1) is 12.6. The molecule has 0 aliphatic rings. The molecule has 132 valence electrons. The first-order valence-electron chi connectivity index (χ1n) is 8.64. The Kier molecular flexibility index (Phi) is 4.34. The molecule has 1 atom stereocenters. The van der Waals surface area contributed by atoms with Crippen LogP contribution in [0.1, 0.15) is 37.1 Å². The molecule has 0 aromatic carbocycles. The summed E-state index contributed by atoms with van der Waals surface area (Å²) in [5.74, 6) is 0. The molecule has 6 heteroatoms. The van der Waals surface area contributed by atoms with E-state index in [0.29, 0.717) is 17.3 Å². The highest BCUT2D eigenvalue weighted by Crippen LogP contribution is 2.33. The van der Waals surface area contributed by atoms with Crippen molar-refractivity contribution in [1.29, 1.82) is 0 Å². The molecule has 4 rings (SSSR count). The number of rotatable bonds is 4. The third-order valence-electron chi connectivity index (χ3n) is 4.65. The van der Waals surface area contributed by atoms with E-state index in [9.17, 15) is 5.11 Å². The zero-order valence-electron chi connectivity index (χ0n) is 14.6. The average Bonchev–Trinajstić information content (AvgIpc) is 3.03. The fourth-order valence-electron chi connectivity index (χ4n) is 3.35. The Hall–Kier alpha value is -2.50. The number of aromatic nitrogens is 4. The van der Waals surface area contributed by atoms with Gasteiger partial charge in [0.05, 0.1) is 23.5 Å². The molecule has 0 bridgehead atoms. The summed E-state index contributed by atoms with van der Waals surface area (Å²) in [7, 11) is 0. The van der Waals surface area contributed by atoms with Crippen LogP contribution in [0.2, 0.25) is 5.15 Å². The Labute approximate surface area is 156 Å². The van der Waals surface area contributed by atoms with Crippen LogP contribution in [0, 0.1) is 6.92 Å². The zero-order valence-corrected chi connectivity index (χ0v) is 15.4. The smallest absolute Gasteiger partial charge is 0.146 e. The molecular weight excluding hydrogens is 348 g/mol. The number of hydrogen-bond acceptors (Lipinski definition) is 4. The monoisotopic (exact) mass is 366 g/mol. The van der Waals surface area contributed by atoms with Crippen LogP contribution in [0.15, 0.2) is 43.0 Å². The van der Waals surface area contributed by atoms with Gasteiger partial charge < -0.3 is 5.11 Å². The number of nitrogens with zero attached hydrogens (tertiary/aromatic N) is 4. The number of pyridine rings is 3. The van der Waals surface area contributed by atoms with Crippen molar-refractivity contribution in [2.75, 3.05) is 0 Å². The Bertz CT molecular complexity index is 1110. The molecule has 4 aromatic heterocycles. The Morgan fingerprint density at radius 3 is 2.77 bits per heavy atom. The predicted molar refractivity (Wildman–Crippen MR) is 103 cm³/mol. The first-order valence-corrected chi connectivity index (χ1v) is 9.02. The lowest BCUT2D eigenvalue weighted by molar-refractivity contribution is 0.161. The van der Waals surface area contributed by atoms with Gasteiger partial charge in [-0.15, -0.1) is 0 Å².